The van der Waals surface area contributed by atoms with Crippen molar-refractivity contribution in [3.05, 3.63) is 0 Å². The van der Waals surface area contributed by atoms with E-state index in [0.29, 0.717) is 18.0 Å². The second-order valence-electron chi connectivity index (χ2n) is 5.37. The number of halogens is 1. The summed E-state index contributed by atoms with van der Waals surface area (Å²) >= 11 is 5.74. The predicted molar refractivity (Wildman–Crippen MR) is 72.4 cm³/mol. The highest BCUT2D eigenvalue weighted by molar-refractivity contribution is 6.19. The van der Waals surface area contributed by atoms with Crippen LogP contribution >= 0.6 is 11.6 Å². The number of nitrogens with zero attached hydrogens (tertiary/aromatic N) is 2. The molecule has 1 aliphatic rings. The lowest BCUT2D eigenvalue weighted by molar-refractivity contribution is -0.136. The van der Waals surface area contributed by atoms with Crippen molar-refractivity contribution in [1.82, 2.24) is 9.80 Å². The molecule has 1 aliphatic heterocycles. The van der Waals surface area contributed by atoms with Crippen LogP contribution in [0.25, 0.3) is 0 Å². The predicted octanol–water partition coefficient (Wildman–Crippen LogP) is 2.19. The van der Waals surface area contributed by atoms with Crippen molar-refractivity contribution in [3.63, 3.8) is 0 Å². The molecule has 1 heterocycles. The fraction of sp³-hybridized carbons (Fsp3) is 0.923. The van der Waals surface area contributed by atoms with Gasteiger partial charge in [0.1, 0.15) is 0 Å². The van der Waals surface area contributed by atoms with E-state index in [9.17, 15) is 4.79 Å². The highest BCUT2D eigenvalue weighted by Crippen LogP contribution is 2.19. The maximum absolute atomic E-state index is 12.0. The Morgan fingerprint density at radius 2 is 1.88 bits per heavy atom. The van der Waals surface area contributed by atoms with Crippen LogP contribution in [-0.2, 0) is 4.79 Å². The van der Waals surface area contributed by atoms with E-state index in [4.69, 9.17) is 11.6 Å². The summed E-state index contributed by atoms with van der Waals surface area (Å²) in [5, 5.41) is 0. The quantitative estimate of drug-likeness (QED) is 0.724. The van der Waals surface area contributed by atoms with Gasteiger partial charge in [0.2, 0.25) is 5.91 Å². The maximum atomic E-state index is 12.0. The summed E-state index contributed by atoms with van der Waals surface area (Å²) < 4.78 is 0. The van der Waals surface area contributed by atoms with Crippen LogP contribution in [-0.4, -0.2) is 53.8 Å². The summed E-state index contributed by atoms with van der Waals surface area (Å²) in [4.78, 5) is 16.4. The third-order valence-electron chi connectivity index (χ3n) is 3.78. The van der Waals surface area contributed by atoms with Crippen molar-refractivity contribution in [3.8, 4) is 0 Å². The number of piperidine rings is 1. The lowest BCUT2D eigenvalue weighted by Gasteiger charge is -2.39. The molecular weight excluding hydrogens is 236 g/mol. The van der Waals surface area contributed by atoms with E-state index in [1.807, 2.05) is 18.9 Å². The van der Waals surface area contributed by atoms with E-state index in [0.717, 1.165) is 25.9 Å². The normalized spacial score (nSPS) is 20.6. The average Bonchev–Trinajstić information content (AvgIpc) is 2.36. The van der Waals surface area contributed by atoms with Crippen molar-refractivity contribution in [2.75, 3.05) is 26.0 Å². The first-order valence-electron chi connectivity index (χ1n) is 6.54. The minimum absolute atomic E-state index is 0.0650. The number of alkyl halides is 1. The Hall–Kier alpha value is -0.280. The lowest BCUT2D eigenvalue weighted by atomic mass is 10.0. The minimum Gasteiger partial charge on any atom is -0.342 e. The molecule has 1 atom stereocenters. The molecule has 100 valence electrons. The zero-order valence-corrected chi connectivity index (χ0v) is 12.2. The van der Waals surface area contributed by atoms with Crippen LogP contribution in [0.3, 0.4) is 0 Å². The number of carbonyl (C=O) groups is 1. The van der Waals surface area contributed by atoms with E-state index >= 15 is 0 Å². The van der Waals surface area contributed by atoms with Crippen molar-refractivity contribution < 1.29 is 4.79 Å². The molecule has 0 spiro atoms. The molecule has 0 aromatic rings. The van der Waals surface area contributed by atoms with Crippen molar-refractivity contribution in [2.45, 2.75) is 45.7 Å². The van der Waals surface area contributed by atoms with Gasteiger partial charge in [-0.25, -0.2) is 0 Å². The zero-order valence-electron chi connectivity index (χ0n) is 11.4. The van der Waals surface area contributed by atoms with Gasteiger partial charge in [-0.3, -0.25) is 4.79 Å². The Kier molecular flexibility index (Phi) is 5.74. The molecule has 1 unspecified atom stereocenters. The van der Waals surface area contributed by atoms with Gasteiger partial charge >= 0.3 is 0 Å². The van der Waals surface area contributed by atoms with Crippen LogP contribution in [0.2, 0.25) is 0 Å². The Morgan fingerprint density at radius 1 is 1.35 bits per heavy atom. The lowest BCUT2D eigenvalue weighted by Crippen LogP contribution is -2.48. The summed E-state index contributed by atoms with van der Waals surface area (Å²) in [7, 11) is 1.92. The van der Waals surface area contributed by atoms with E-state index in [2.05, 4.69) is 18.7 Å². The Morgan fingerprint density at radius 3 is 2.29 bits per heavy atom. The number of rotatable bonds is 4. The van der Waals surface area contributed by atoms with Crippen LogP contribution in [0, 0.1) is 5.92 Å². The first-order valence-corrected chi connectivity index (χ1v) is 7.07. The smallest absolute Gasteiger partial charge is 0.226 e. The third kappa shape index (κ3) is 3.85. The van der Waals surface area contributed by atoms with Crippen LogP contribution in [0.1, 0.15) is 33.6 Å². The van der Waals surface area contributed by atoms with Crippen LogP contribution in [0.5, 0.6) is 0 Å². The molecule has 17 heavy (non-hydrogen) atoms. The molecule has 1 saturated heterocycles. The first kappa shape index (κ1) is 14.8. The van der Waals surface area contributed by atoms with Crippen LogP contribution < -0.4 is 0 Å². The molecule has 3 nitrogen and oxygen atoms in total. The van der Waals surface area contributed by atoms with E-state index < -0.39 is 0 Å². The molecule has 1 rings (SSSR count). The summed E-state index contributed by atoms with van der Waals surface area (Å²) in [5.74, 6) is 0.529. The number of amides is 1. The molecule has 0 N–H and O–H groups in total. The Labute approximate surface area is 110 Å². The molecule has 0 aromatic carbocycles. The largest absolute Gasteiger partial charge is 0.342 e. The van der Waals surface area contributed by atoms with Gasteiger partial charge in [0, 0.05) is 44.0 Å². The first-order chi connectivity index (χ1) is 7.97. The second kappa shape index (κ2) is 6.60. The van der Waals surface area contributed by atoms with Crippen molar-refractivity contribution >= 4 is 17.5 Å². The third-order valence-corrected chi connectivity index (χ3v) is 4.24. The molecule has 1 fully saturated rings. The molecule has 0 radical (unpaired) electrons. The maximum Gasteiger partial charge on any atom is 0.226 e. The summed E-state index contributed by atoms with van der Waals surface area (Å²) in [5.41, 5.74) is 0. The molecule has 0 aliphatic carbocycles. The minimum atomic E-state index is -0.0650. The number of hydrogen-bond donors (Lipinski definition) is 0. The average molecular weight is 261 g/mol. The van der Waals surface area contributed by atoms with Gasteiger partial charge in [0.25, 0.3) is 0 Å². The van der Waals surface area contributed by atoms with Gasteiger partial charge in [-0.05, 0) is 26.7 Å². The highest BCUT2D eigenvalue weighted by atomic mass is 35.5. The monoisotopic (exact) mass is 260 g/mol. The van der Waals surface area contributed by atoms with Crippen molar-refractivity contribution in [1.29, 1.82) is 0 Å². The molecule has 0 bridgehead atoms. The number of hydrogen-bond acceptors (Lipinski definition) is 2. The fourth-order valence-corrected chi connectivity index (χ4v) is 2.52. The SMILES string of the molecule is CC(CCl)C(=O)N(C)C1CCN(C(C)C)CC1. The van der Waals surface area contributed by atoms with Gasteiger partial charge in [0.15, 0.2) is 0 Å². The highest BCUT2D eigenvalue weighted by Gasteiger charge is 2.27. The molecule has 0 saturated carbocycles. The molecule has 4 heteroatoms. The van der Waals surface area contributed by atoms with Gasteiger partial charge in [-0.15, -0.1) is 11.6 Å². The van der Waals surface area contributed by atoms with E-state index in [1.54, 1.807) is 0 Å². The summed E-state index contributed by atoms with van der Waals surface area (Å²) in [6.07, 6.45) is 2.16. The number of likely N-dealkylation sites (tertiary alicyclic amines) is 1. The second-order valence-corrected chi connectivity index (χ2v) is 5.67. The Bertz CT molecular complexity index is 250. The standard InChI is InChI=1S/C13H25ClN2O/c1-10(2)16-7-5-12(6-8-16)15(4)13(17)11(3)9-14/h10-12H,5-9H2,1-4H3. The van der Waals surface area contributed by atoms with Gasteiger partial charge in [-0.1, -0.05) is 6.92 Å². The Balaban J connectivity index is 2.45. The molecule has 0 aromatic heterocycles. The van der Waals surface area contributed by atoms with E-state index in [-0.39, 0.29) is 11.8 Å². The number of carbonyl (C=O) groups excluding carboxylic acids is 1. The molecular formula is C13H25ClN2O. The summed E-state index contributed by atoms with van der Waals surface area (Å²) in [6.45, 7) is 8.54. The zero-order chi connectivity index (χ0) is 13.0. The molecule has 1 amide bonds. The van der Waals surface area contributed by atoms with Crippen molar-refractivity contribution in [2.24, 2.45) is 5.92 Å². The van der Waals surface area contributed by atoms with Crippen LogP contribution in [0.15, 0.2) is 0 Å². The fourth-order valence-electron chi connectivity index (χ4n) is 2.38. The van der Waals surface area contributed by atoms with Gasteiger partial charge in [-0.2, -0.15) is 0 Å². The van der Waals surface area contributed by atoms with Crippen LogP contribution in [0.4, 0.5) is 0 Å². The van der Waals surface area contributed by atoms with Gasteiger partial charge < -0.3 is 9.80 Å². The van der Waals surface area contributed by atoms with E-state index in [1.165, 1.54) is 0 Å². The summed E-state index contributed by atoms with van der Waals surface area (Å²) in [6, 6.07) is 1.00. The van der Waals surface area contributed by atoms with Gasteiger partial charge in [0.05, 0.1) is 0 Å². The topological polar surface area (TPSA) is 23.6 Å².